The lowest BCUT2D eigenvalue weighted by Crippen LogP contribution is -2.44. The first-order chi connectivity index (χ1) is 10.9. The third-order valence-electron chi connectivity index (χ3n) is 4.08. The Hall–Kier alpha value is -1.02. The van der Waals surface area contributed by atoms with E-state index in [9.17, 15) is 8.42 Å². The van der Waals surface area contributed by atoms with E-state index in [-0.39, 0.29) is 11.8 Å². The van der Waals surface area contributed by atoms with Crippen LogP contribution in [0.3, 0.4) is 0 Å². The lowest BCUT2D eigenvalue weighted by atomic mass is 10.0. The molecule has 2 atom stereocenters. The predicted octanol–water partition coefficient (Wildman–Crippen LogP) is 0.773. The van der Waals surface area contributed by atoms with E-state index in [4.69, 9.17) is 0 Å². The standard InChI is InChI=1S/C16H28N4O2S/c1-4-9-23(21,22)18-16-13-20(12-15(16)11-19(2)3)10-14-5-7-17-8-6-14/h5-8,15-16,18H,4,9-13H2,1-3H3/t15-,16-/m1/s1. The van der Waals surface area contributed by atoms with Gasteiger partial charge in [0, 0.05) is 50.5 Å². The smallest absolute Gasteiger partial charge is 0.211 e. The van der Waals surface area contributed by atoms with Crippen molar-refractivity contribution in [3.05, 3.63) is 30.1 Å². The number of hydrogen-bond donors (Lipinski definition) is 1. The van der Waals surface area contributed by atoms with Gasteiger partial charge >= 0.3 is 0 Å². The molecule has 1 aliphatic heterocycles. The minimum Gasteiger partial charge on any atom is -0.309 e. The van der Waals surface area contributed by atoms with Crippen LogP contribution in [0.25, 0.3) is 0 Å². The van der Waals surface area contributed by atoms with Gasteiger partial charge in [0.05, 0.1) is 5.75 Å². The molecule has 1 aromatic rings. The Labute approximate surface area is 139 Å². The van der Waals surface area contributed by atoms with Gasteiger partial charge < -0.3 is 4.90 Å². The van der Waals surface area contributed by atoms with Gasteiger partial charge in [-0.15, -0.1) is 0 Å². The molecule has 0 unspecified atom stereocenters. The van der Waals surface area contributed by atoms with Gasteiger partial charge in [0.2, 0.25) is 10.0 Å². The van der Waals surface area contributed by atoms with Crippen molar-refractivity contribution < 1.29 is 8.42 Å². The van der Waals surface area contributed by atoms with Crippen LogP contribution < -0.4 is 4.72 Å². The molecule has 1 aliphatic rings. The summed E-state index contributed by atoms with van der Waals surface area (Å²) in [6.45, 7) is 5.26. The maximum absolute atomic E-state index is 12.1. The average molecular weight is 340 g/mol. The molecular formula is C16H28N4O2S. The van der Waals surface area contributed by atoms with Crippen LogP contribution in [0.4, 0.5) is 0 Å². The number of likely N-dealkylation sites (tertiary alicyclic amines) is 1. The first kappa shape index (κ1) is 18.3. The highest BCUT2D eigenvalue weighted by Gasteiger charge is 2.35. The van der Waals surface area contributed by atoms with Crippen LogP contribution >= 0.6 is 0 Å². The maximum Gasteiger partial charge on any atom is 0.211 e. The summed E-state index contributed by atoms with van der Waals surface area (Å²) in [5, 5.41) is 0. The molecule has 1 fully saturated rings. The average Bonchev–Trinajstić information content (AvgIpc) is 2.79. The summed E-state index contributed by atoms with van der Waals surface area (Å²) in [4.78, 5) is 8.49. The molecule has 0 aromatic carbocycles. The third kappa shape index (κ3) is 5.84. The Balaban J connectivity index is 2.03. The van der Waals surface area contributed by atoms with E-state index in [1.54, 1.807) is 12.4 Å². The van der Waals surface area contributed by atoms with E-state index < -0.39 is 10.0 Å². The maximum atomic E-state index is 12.1. The minimum atomic E-state index is -3.19. The fraction of sp³-hybridized carbons (Fsp3) is 0.688. The van der Waals surface area contributed by atoms with E-state index in [1.807, 2.05) is 33.2 Å². The van der Waals surface area contributed by atoms with E-state index in [1.165, 1.54) is 5.56 Å². The summed E-state index contributed by atoms with van der Waals surface area (Å²) in [6, 6.07) is 4.00. The zero-order valence-corrected chi connectivity index (χ0v) is 15.1. The van der Waals surface area contributed by atoms with Gasteiger partial charge in [-0.25, -0.2) is 13.1 Å². The van der Waals surface area contributed by atoms with Crippen LogP contribution in [0.1, 0.15) is 18.9 Å². The minimum absolute atomic E-state index is 0.0178. The van der Waals surface area contributed by atoms with Crippen molar-refractivity contribution >= 4 is 10.0 Å². The summed E-state index contributed by atoms with van der Waals surface area (Å²) in [5.74, 6) is 0.501. The van der Waals surface area contributed by atoms with Gasteiger partial charge in [-0.2, -0.15) is 0 Å². The van der Waals surface area contributed by atoms with Crippen LogP contribution in [-0.2, 0) is 16.6 Å². The summed E-state index contributed by atoms with van der Waals surface area (Å²) >= 11 is 0. The largest absolute Gasteiger partial charge is 0.309 e. The molecule has 1 saturated heterocycles. The van der Waals surface area contributed by atoms with E-state index in [0.29, 0.717) is 12.3 Å². The van der Waals surface area contributed by atoms with Crippen molar-refractivity contribution in [1.29, 1.82) is 0 Å². The van der Waals surface area contributed by atoms with E-state index in [2.05, 4.69) is 19.5 Å². The molecular weight excluding hydrogens is 312 g/mol. The molecule has 2 heterocycles. The van der Waals surface area contributed by atoms with Crippen LogP contribution in [0.5, 0.6) is 0 Å². The highest BCUT2D eigenvalue weighted by molar-refractivity contribution is 7.89. The molecule has 1 N–H and O–H groups in total. The quantitative estimate of drug-likeness (QED) is 0.757. The highest BCUT2D eigenvalue weighted by Crippen LogP contribution is 2.21. The van der Waals surface area contributed by atoms with Crippen molar-refractivity contribution in [1.82, 2.24) is 19.5 Å². The summed E-state index contributed by atoms with van der Waals surface area (Å²) in [6.07, 6.45) is 4.23. The van der Waals surface area contributed by atoms with Gasteiger partial charge in [0.25, 0.3) is 0 Å². The Morgan fingerprint density at radius 1 is 1.30 bits per heavy atom. The summed E-state index contributed by atoms with van der Waals surface area (Å²) in [7, 11) is 0.877. The molecule has 23 heavy (non-hydrogen) atoms. The molecule has 1 aromatic heterocycles. The molecule has 2 rings (SSSR count). The van der Waals surface area contributed by atoms with Crippen molar-refractivity contribution in [2.45, 2.75) is 25.9 Å². The Bertz CT molecular complexity index is 577. The molecule has 0 bridgehead atoms. The molecule has 130 valence electrons. The molecule has 0 aliphatic carbocycles. The molecule has 0 spiro atoms. The molecule has 6 nitrogen and oxygen atoms in total. The first-order valence-corrected chi connectivity index (χ1v) is 9.81. The number of sulfonamides is 1. The van der Waals surface area contributed by atoms with Gasteiger partial charge in [-0.05, 0) is 38.2 Å². The van der Waals surface area contributed by atoms with Gasteiger partial charge in [0.15, 0.2) is 0 Å². The predicted molar refractivity (Wildman–Crippen MR) is 92.6 cm³/mol. The number of rotatable bonds is 8. The number of nitrogens with one attached hydrogen (secondary N) is 1. The highest BCUT2D eigenvalue weighted by atomic mass is 32.2. The Morgan fingerprint density at radius 2 is 2.00 bits per heavy atom. The monoisotopic (exact) mass is 340 g/mol. The number of aromatic nitrogens is 1. The summed E-state index contributed by atoms with van der Waals surface area (Å²) in [5.41, 5.74) is 1.21. The SMILES string of the molecule is CCCS(=O)(=O)N[C@@H]1CN(Cc2ccncc2)C[C@H]1CN(C)C. The van der Waals surface area contributed by atoms with Crippen LogP contribution in [0, 0.1) is 5.92 Å². The molecule has 0 amide bonds. The van der Waals surface area contributed by atoms with Crippen LogP contribution in [0.2, 0.25) is 0 Å². The van der Waals surface area contributed by atoms with Crippen molar-refractivity contribution in [3.63, 3.8) is 0 Å². The normalized spacial score (nSPS) is 22.8. The lowest BCUT2D eigenvalue weighted by Gasteiger charge is -2.22. The molecule has 7 heteroatoms. The fourth-order valence-corrected chi connectivity index (χ4v) is 4.57. The second-order valence-corrected chi connectivity index (χ2v) is 8.49. The van der Waals surface area contributed by atoms with Crippen LogP contribution in [-0.4, -0.2) is 68.7 Å². The van der Waals surface area contributed by atoms with Crippen LogP contribution in [0.15, 0.2) is 24.5 Å². The fourth-order valence-electron chi connectivity index (χ4n) is 3.18. The van der Waals surface area contributed by atoms with E-state index in [0.717, 1.165) is 26.2 Å². The number of pyridine rings is 1. The Morgan fingerprint density at radius 3 is 2.61 bits per heavy atom. The van der Waals surface area contributed by atoms with Crippen molar-refractivity contribution in [3.8, 4) is 0 Å². The molecule has 0 radical (unpaired) electrons. The van der Waals surface area contributed by atoms with Crippen molar-refractivity contribution in [2.24, 2.45) is 5.92 Å². The number of nitrogens with zero attached hydrogens (tertiary/aromatic N) is 3. The molecule has 0 saturated carbocycles. The zero-order chi connectivity index (χ0) is 16.9. The van der Waals surface area contributed by atoms with Gasteiger partial charge in [0.1, 0.15) is 0 Å². The van der Waals surface area contributed by atoms with Crippen molar-refractivity contribution in [2.75, 3.05) is 39.5 Å². The zero-order valence-electron chi connectivity index (χ0n) is 14.3. The second-order valence-electron chi connectivity index (χ2n) is 6.62. The number of hydrogen-bond acceptors (Lipinski definition) is 5. The first-order valence-electron chi connectivity index (χ1n) is 8.15. The van der Waals surface area contributed by atoms with Gasteiger partial charge in [-0.3, -0.25) is 9.88 Å². The van der Waals surface area contributed by atoms with Gasteiger partial charge in [-0.1, -0.05) is 6.92 Å². The lowest BCUT2D eigenvalue weighted by molar-refractivity contribution is 0.283. The topological polar surface area (TPSA) is 65.5 Å². The summed E-state index contributed by atoms with van der Waals surface area (Å²) < 4.78 is 27.2. The second kappa shape index (κ2) is 8.19. The third-order valence-corrected chi connectivity index (χ3v) is 5.68. The van der Waals surface area contributed by atoms with E-state index >= 15 is 0 Å². The Kier molecular flexibility index (Phi) is 6.52.